The van der Waals surface area contributed by atoms with Crippen LogP contribution in [0.5, 0.6) is 0 Å². The molecule has 0 N–H and O–H groups in total. The fraction of sp³-hybridized carbons (Fsp3) is 0.227. The normalized spacial score (nSPS) is 14.1. The quantitative estimate of drug-likeness (QED) is 0.102. The molecule has 0 unspecified atom stereocenters. The topological polar surface area (TPSA) is 51.8 Å². The Morgan fingerprint density at radius 1 is 0.556 bits per heavy atom. The van der Waals surface area contributed by atoms with Crippen molar-refractivity contribution in [3.05, 3.63) is 233 Å². The number of furan rings is 1. The summed E-state index contributed by atoms with van der Waals surface area (Å²) < 4.78 is 90.5. The Hall–Kier alpha value is -6.85. The van der Waals surface area contributed by atoms with Crippen molar-refractivity contribution in [2.24, 2.45) is 5.41 Å². The Kier molecular flexibility index (Phi) is 12.0. The van der Waals surface area contributed by atoms with Gasteiger partial charge in [-0.2, -0.15) is 0 Å². The average molecular weight is 1130 g/mol. The smallest absolute Gasteiger partial charge is 0.500 e. The number of aromatic nitrogens is 3. The molecular formula is C66H59FIrN3O. The molecule has 0 aliphatic heterocycles. The summed E-state index contributed by atoms with van der Waals surface area (Å²) >= 11 is 0. The minimum atomic E-state index is -2.88. The summed E-state index contributed by atoms with van der Waals surface area (Å²) in [5.41, 5.74) is 6.13. The fourth-order valence-electron chi connectivity index (χ4n) is 9.39. The third kappa shape index (κ3) is 11.0. The first-order chi connectivity index (χ1) is 36.9. The first-order valence-corrected chi connectivity index (χ1v) is 24.0. The molecule has 6 heteroatoms. The van der Waals surface area contributed by atoms with Gasteiger partial charge in [-0.05, 0) is 122 Å². The van der Waals surface area contributed by atoms with E-state index in [9.17, 15) is 8.22 Å². The van der Waals surface area contributed by atoms with Crippen molar-refractivity contribution < 1.29 is 38.5 Å². The van der Waals surface area contributed by atoms with E-state index >= 15 is 4.39 Å². The van der Waals surface area contributed by atoms with E-state index < -0.39 is 41.2 Å². The molecule has 0 saturated heterocycles. The molecule has 72 heavy (non-hydrogen) atoms. The van der Waals surface area contributed by atoms with Gasteiger partial charge in [0.1, 0.15) is 11.4 Å². The first kappa shape index (κ1) is 41.7. The molecule has 10 rings (SSSR count). The molecule has 0 aliphatic carbocycles. The van der Waals surface area contributed by atoms with Crippen molar-refractivity contribution in [2.75, 3.05) is 0 Å². The summed E-state index contributed by atoms with van der Waals surface area (Å²) in [7, 11) is 0. The molecule has 4 nitrogen and oxygen atoms in total. The molecule has 4 aromatic heterocycles. The van der Waals surface area contributed by atoms with E-state index in [-0.39, 0.29) is 65.3 Å². The van der Waals surface area contributed by atoms with Gasteiger partial charge in [0, 0.05) is 32.2 Å². The number of benzene rings is 6. The van der Waals surface area contributed by atoms with E-state index in [1.807, 2.05) is 79.1 Å². The summed E-state index contributed by atoms with van der Waals surface area (Å²) in [6, 6.07) is 53.6. The van der Waals surface area contributed by atoms with Crippen LogP contribution in [0.4, 0.5) is 4.39 Å². The maximum atomic E-state index is 15.9. The Labute approximate surface area is 448 Å². The summed E-state index contributed by atoms with van der Waals surface area (Å²) in [6.07, 6.45) is -2.00. The summed E-state index contributed by atoms with van der Waals surface area (Å²) in [5.74, 6) is -0.738. The van der Waals surface area contributed by atoms with E-state index in [1.165, 1.54) is 18.3 Å². The summed E-state index contributed by atoms with van der Waals surface area (Å²) in [6.45, 7) is 13.6. The van der Waals surface area contributed by atoms with Crippen LogP contribution in [0.15, 0.2) is 175 Å². The molecule has 0 saturated carbocycles. The molecule has 10 aromatic rings. The van der Waals surface area contributed by atoms with Crippen LogP contribution >= 0.6 is 0 Å². The van der Waals surface area contributed by atoms with E-state index in [1.54, 1.807) is 69.3 Å². The van der Waals surface area contributed by atoms with Crippen LogP contribution < -0.4 is 0 Å². The fourth-order valence-corrected chi connectivity index (χ4v) is 9.39. The van der Waals surface area contributed by atoms with Crippen molar-refractivity contribution in [2.45, 2.75) is 91.3 Å². The Balaban J connectivity index is 0.00000757. The van der Waals surface area contributed by atoms with E-state index in [0.29, 0.717) is 34.7 Å². The van der Waals surface area contributed by atoms with Crippen LogP contribution in [0.1, 0.15) is 97.0 Å². The SMILES string of the molecule is [2H]c1cc2c(oc3c(-c4cc(C([2H])([2H])C(C)(C)C)c(C([2H])([2H])C([2H])([2H])c5cc(CC(C)(C)c6ccc(-c7[c-]cccc7)nc6)cc(CC(C)(C)c6ccc(-c7[c-]cccc7)nc6)c5)cn4)[c-]ccc32)c(-c2ccccc2)c1F.[Ir+3]. The largest absolute Gasteiger partial charge is 3.00 e. The van der Waals surface area contributed by atoms with Gasteiger partial charge in [-0.25, -0.2) is 4.39 Å². The van der Waals surface area contributed by atoms with Crippen LogP contribution in [-0.4, -0.2) is 15.0 Å². The van der Waals surface area contributed by atoms with Gasteiger partial charge in [-0.1, -0.05) is 138 Å². The predicted molar refractivity (Wildman–Crippen MR) is 289 cm³/mol. The van der Waals surface area contributed by atoms with E-state index in [2.05, 4.69) is 64.1 Å². The monoisotopic (exact) mass is 1130 g/mol. The molecular weight excluding hydrogens is 1060 g/mol. The minimum Gasteiger partial charge on any atom is -0.500 e. The number of rotatable bonds is 14. The Morgan fingerprint density at radius 3 is 1.68 bits per heavy atom. The zero-order chi connectivity index (χ0) is 55.6. The van der Waals surface area contributed by atoms with Gasteiger partial charge in [-0.3, -0.25) is 0 Å². The average Bonchev–Trinajstić information content (AvgIpc) is 3.97. The number of hydrogen-bond acceptors (Lipinski definition) is 4. The summed E-state index contributed by atoms with van der Waals surface area (Å²) in [4.78, 5) is 14.4. The molecule has 0 spiro atoms. The maximum absolute atomic E-state index is 15.9. The van der Waals surface area contributed by atoms with Gasteiger partial charge in [-0.15, -0.1) is 90.0 Å². The number of fused-ring (bicyclic) bond motifs is 3. The molecule has 0 radical (unpaired) electrons. The van der Waals surface area contributed by atoms with Crippen LogP contribution in [0, 0.1) is 29.4 Å². The Bertz CT molecular complexity index is 3710. The molecule has 4 heterocycles. The molecule has 0 bridgehead atoms. The van der Waals surface area contributed by atoms with Crippen molar-refractivity contribution in [3.8, 4) is 44.9 Å². The van der Waals surface area contributed by atoms with Crippen LogP contribution in [0.3, 0.4) is 0 Å². The molecule has 360 valence electrons. The van der Waals surface area contributed by atoms with Gasteiger partial charge in [0.15, 0.2) is 0 Å². The minimum absolute atomic E-state index is 0. The van der Waals surface area contributed by atoms with Gasteiger partial charge in [0.2, 0.25) is 0 Å². The number of halogens is 1. The third-order valence-corrected chi connectivity index (χ3v) is 13.0. The molecule has 0 amide bonds. The van der Waals surface area contributed by atoms with E-state index in [0.717, 1.165) is 44.8 Å². The number of pyridine rings is 3. The molecule has 6 aromatic carbocycles. The summed E-state index contributed by atoms with van der Waals surface area (Å²) in [5, 5.41) is 1.06. The second-order valence-electron chi connectivity index (χ2n) is 20.6. The van der Waals surface area contributed by atoms with E-state index in [4.69, 9.17) is 20.7 Å². The van der Waals surface area contributed by atoms with Crippen LogP contribution in [0.2, 0.25) is 0 Å². The number of hydrogen-bond donors (Lipinski definition) is 0. The third-order valence-electron chi connectivity index (χ3n) is 13.0. The number of nitrogens with zero attached hydrogens (tertiary/aromatic N) is 3. The Morgan fingerprint density at radius 2 is 1.12 bits per heavy atom. The molecule has 0 aliphatic rings. The van der Waals surface area contributed by atoms with Crippen LogP contribution in [0.25, 0.3) is 66.8 Å². The molecule has 0 atom stereocenters. The number of aryl methyl sites for hydroxylation is 2. The predicted octanol–water partition coefficient (Wildman–Crippen LogP) is 16.4. The van der Waals surface area contributed by atoms with Gasteiger partial charge in [0.05, 0.1) is 12.5 Å². The second-order valence-corrected chi connectivity index (χ2v) is 20.6. The van der Waals surface area contributed by atoms with Crippen molar-refractivity contribution in [3.63, 3.8) is 0 Å². The maximum Gasteiger partial charge on any atom is 3.00 e. The van der Waals surface area contributed by atoms with Crippen molar-refractivity contribution in [1.29, 1.82) is 0 Å². The van der Waals surface area contributed by atoms with Gasteiger partial charge in [0.25, 0.3) is 0 Å². The van der Waals surface area contributed by atoms with Gasteiger partial charge < -0.3 is 19.4 Å². The first-order valence-electron chi connectivity index (χ1n) is 27.5. The molecule has 0 fully saturated rings. The standard InChI is InChI=1S/C66H59FN3O.Ir/c1-64(2,3)40-51-37-60(56-25-17-24-54-55-30-31-57(67)61(63(55)71-62(54)56)49-22-15-10-16-23-49)68-41-50(51)27-26-44-34-45(38-65(4,5)52-28-32-58(69-42-52)47-18-11-8-12-19-47)36-46(35-44)39-66(6,7)53-29-33-59(70-43-53)48-20-13-9-14-21-48;/h8-18,20,22-24,28-37,41-43H,26-27,38-40H2,1-7H3;/q-3;+3/i26D2,27D2,31D,40D2;. The zero-order valence-electron chi connectivity index (χ0n) is 48.5. The van der Waals surface area contributed by atoms with Crippen LogP contribution in [-0.2, 0) is 62.9 Å². The van der Waals surface area contributed by atoms with Gasteiger partial charge >= 0.3 is 20.1 Å². The van der Waals surface area contributed by atoms with Crippen molar-refractivity contribution >= 4 is 21.9 Å². The second kappa shape index (κ2) is 20.7. The zero-order valence-corrected chi connectivity index (χ0v) is 43.9. The van der Waals surface area contributed by atoms with Crippen molar-refractivity contribution in [1.82, 2.24) is 15.0 Å².